The topological polar surface area (TPSA) is 38.5 Å². The Hall–Kier alpha value is -1.22. The molecule has 0 atom stereocenters. The van der Waals surface area contributed by atoms with Crippen LogP contribution in [0.25, 0.3) is 0 Å². The van der Waals surface area contributed by atoms with Crippen LogP contribution < -0.4 is 10.6 Å². The molecule has 1 aromatic rings. The maximum atomic E-state index is 5.69. The Morgan fingerprint density at radius 2 is 1.64 bits per heavy atom. The molecule has 0 radical (unpaired) electrons. The standard InChI is InChI=1S/C11H16N2O/c12-10-4-6-11(7-5-10)14-13-8-2-1-3-9-13/h4-7H,1-3,8-9,12H2. The Balaban J connectivity index is 1.92. The lowest BCUT2D eigenvalue weighted by Crippen LogP contribution is -2.32. The normalized spacial score (nSPS) is 18.0. The third-order valence-electron chi connectivity index (χ3n) is 2.43. The smallest absolute Gasteiger partial charge is 0.147 e. The highest BCUT2D eigenvalue weighted by Crippen LogP contribution is 2.17. The van der Waals surface area contributed by atoms with E-state index in [2.05, 4.69) is 0 Å². The summed E-state index contributed by atoms with van der Waals surface area (Å²) in [7, 11) is 0. The SMILES string of the molecule is Nc1ccc(ON2CCCCC2)cc1. The van der Waals surface area contributed by atoms with Crippen molar-refractivity contribution in [2.75, 3.05) is 18.8 Å². The molecule has 0 aliphatic carbocycles. The van der Waals surface area contributed by atoms with Gasteiger partial charge in [0.05, 0.1) is 0 Å². The number of hydrogen-bond acceptors (Lipinski definition) is 3. The van der Waals surface area contributed by atoms with Gasteiger partial charge in [0.25, 0.3) is 0 Å². The molecule has 0 unspecified atom stereocenters. The molecule has 0 aromatic heterocycles. The quantitative estimate of drug-likeness (QED) is 0.729. The second kappa shape index (κ2) is 4.33. The second-order valence-corrected chi connectivity index (χ2v) is 3.65. The Morgan fingerprint density at radius 1 is 1.00 bits per heavy atom. The Morgan fingerprint density at radius 3 is 2.29 bits per heavy atom. The zero-order valence-corrected chi connectivity index (χ0v) is 8.28. The Bertz CT molecular complexity index is 278. The molecule has 0 saturated carbocycles. The van der Waals surface area contributed by atoms with Gasteiger partial charge in [-0.2, -0.15) is 0 Å². The fraction of sp³-hybridized carbons (Fsp3) is 0.455. The van der Waals surface area contributed by atoms with Crippen molar-refractivity contribution in [1.82, 2.24) is 5.06 Å². The van der Waals surface area contributed by atoms with E-state index in [1.165, 1.54) is 19.3 Å². The van der Waals surface area contributed by atoms with Crippen LogP contribution in [0.5, 0.6) is 5.75 Å². The van der Waals surface area contributed by atoms with Crippen LogP contribution in [0, 0.1) is 0 Å². The van der Waals surface area contributed by atoms with E-state index >= 15 is 0 Å². The van der Waals surface area contributed by atoms with Crippen LogP contribution in [0.2, 0.25) is 0 Å². The highest BCUT2D eigenvalue weighted by molar-refractivity contribution is 5.41. The van der Waals surface area contributed by atoms with Gasteiger partial charge in [-0.1, -0.05) is 6.42 Å². The van der Waals surface area contributed by atoms with E-state index in [-0.39, 0.29) is 0 Å². The maximum absolute atomic E-state index is 5.69. The van der Waals surface area contributed by atoms with E-state index in [9.17, 15) is 0 Å². The molecule has 76 valence electrons. The first-order chi connectivity index (χ1) is 6.84. The number of anilines is 1. The van der Waals surface area contributed by atoms with E-state index in [0.717, 1.165) is 24.5 Å². The summed E-state index contributed by atoms with van der Waals surface area (Å²) in [6.07, 6.45) is 3.78. The number of rotatable bonds is 2. The minimum absolute atomic E-state index is 0.774. The van der Waals surface area contributed by atoms with Gasteiger partial charge < -0.3 is 10.6 Å². The minimum atomic E-state index is 0.774. The number of hydrogen-bond donors (Lipinski definition) is 1. The predicted octanol–water partition coefficient (Wildman–Crippen LogP) is 2.05. The van der Waals surface area contributed by atoms with Crippen LogP contribution in [0.15, 0.2) is 24.3 Å². The first-order valence-corrected chi connectivity index (χ1v) is 5.13. The zero-order valence-electron chi connectivity index (χ0n) is 8.28. The van der Waals surface area contributed by atoms with Crippen LogP contribution in [0.3, 0.4) is 0 Å². The summed E-state index contributed by atoms with van der Waals surface area (Å²) in [6, 6.07) is 7.53. The molecule has 0 spiro atoms. The largest absolute Gasteiger partial charge is 0.406 e. The van der Waals surface area contributed by atoms with E-state index in [1.807, 2.05) is 29.3 Å². The van der Waals surface area contributed by atoms with Gasteiger partial charge in [0.1, 0.15) is 5.75 Å². The molecule has 1 heterocycles. The number of nitrogen functional groups attached to an aromatic ring is 1. The molecule has 0 bridgehead atoms. The van der Waals surface area contributed by atoms with Gasteiger partial charge in [0, 0.05) is 18.8 Å². The zero-order chi connectivity index (χ0) is 9.80. The number of nitrogens with zero attached hydrogens (tertiary/aromatic N) is 1. The minimum Gasteiger partial charge on any atom is -0.406 e. The van der Waals surface area contributed by atoms with Crippen LogP contribution in [0.4, 0.5) is 5.69 Å². The van der Waals surface area contributed by atoms with Gasteiger partial charge in [0.15, 0.2) is 0 Å². The lowest BCUT2D eigenvalue weighted by Gasteiger charge is -2.25. The first kappa shape index (κ1) is 9.34. The second-order valence-electron chi connectivity index (χ2n) is 3.65. The van der Waals surface area contributed by atoms with E-state index < -0.39 is 0 Å². The van der Waals surface area contributed by atoms with Crippen molar-refractivity contribution in [3.63, 3.8) is 0 Å². The van der Waals surface area contributed by atoms with Crippen molar-refractivity contribution in [2.24, 2.45) is 0 Å². The summed E-state index contributed by atoms with van der Waals surface area (Å²) >= 11 is 0. The average Bonchev–Trinajstić information content (AvgIpc) is 2.23. The Labute approximate surface area is 84.4 Å². The lowest BCUT2D eigenvalue weighted by atomic mass is 10.2. The molecule has 1 aromatic carbocycles. The summed E-state index contributed by atoms with van der Waals surface area (Å²) in [5.74, 6) is 0.876. The molecule has 14 heavy (non-hydrogen) atoms. The van der Waals surface area contributed by atoms with E-state index in [0.29, 0.717) is 0 Å². The average molecular weight is 192 g/mol. The van der Waals surface area contributed by atoms with Gasteiger partial charge in [-0.05, 0) is 37.1 Å². The van der Waals surface area contributed by atoms with Crippen molar-refractivity contribution in [3.05, 3.63) is 24.3 Å². The highest BCUT2D eigenvalue weighted by atomic mass is 16.7. The fourth-order valence-corrected chi connectivity index (χ4v) is 1.63. The molecule has 0 amide bonds. The summed E-state index contributed by atoms with van der Waals surface area (Å²) < 4.78 is 0. The van der Waals surface area contributed by atoms with E-state index in [4.69, 9.17) is 10.6 Å². The molecule has 1 aliphatic rings. The molecule has 3 nitrogen and oxygen atoms in total. The number of piperidine rings is 1. The summed E-state index contributed by atoms with van der Waals surface area (Å²) in [6.45, 7) is 2.06. The van der Waals surface area contributed by atoms with Crippen LogP contribution in [0.1, 0.15) is 19.3 Å². The van der Waals surface area contributed by atoms with Crippen molar-refractivity contribution in [1.29, 1.82) is 0 Å². The summed E-state index contributed by atoms with van der Waals surface area (Å²) in [5.41, 5.74) is 6.36. The predicted molar refractivity (Wildman–Crippen MR) is 56.9 cm³/mol. The van der Waals surface area contributed by atoms with Crippen LogP contribution in [-0.2, 0) is 0 Å². The van der Waals surface area contributed by atoms with Gasteiger partial charge >= 0.3 is 0 Å². The van der Waals surface area contributed by atoms with Crippen LogP contribution >= 0.6 is 0 Å². The van der Waals surface area contributed by atoms with Gasteiger partial charge in [-0.25, -0.2) is 0 Å². The third kappa shape index (κ3) is 2.39. The van der Waals surface area contributed by atoms with Crippen molar-refractivity contribution in [3.8, 4) is 5.75 Å². The van der Waals surface area contributed by atoms with Crippen molar-refractivity contribution in [2.45, 2.75) is 19.3 Å². The lowest BCUT2D eigenvalue weighted by molar-refractivity contribution is -0.0719. The summed E-state index contributed by atoms with van der Waals surface area (Å²) in [5, 5.41) is 2.02. The first-order valence-electron chi connectivity index (χ1n) is 5.13. The molecular formula is C11H16N2O. The molecular weight excluding hydrogens is 176 g/mol. The molecule has 2 rings (SSSR count). The maximum Gasteiger partial charge on any atom is 0.147 e. The molecule has 3 heteroatoms. The molecule has 1 saturated heterocycles. The van der Waals surface area contributed by atoms with Crippen LogP contribution in [-0.4, -0.2) is 18.2 Å². The number of hydroxylamine groups is 2. The van der Waals surface area contributed by atoms with Gasteiger partial charge in [-0.3, -0.25) is 0 Å². The van der Waals surface area contributed by atoms with Gasteiger partial charge in [0.2, 0.25) is 0 Å². The highest BCUT2D eigenvalue weighted by Gasteiger charge is 2.11. The number of benzene rings is 1. The Kier molecular flexibility index (Phi) is 2.89. The van der Waals surface area contributed by atoms with Crippen molar-refractivity contribution < 1.29 is 4.84 Å². The molecule has 1 aliphatic heterocycles. The monoisotopic (exact) mass is 192 g/mol. The molecule has 2 N–H and O–H groups in total. The summed E-state index contributed by atoms with van der Waals surface area (Å²) in [4.78, 5) is 5.69. The van der Waals surface area contributed by atoms with E-state index in [1.54, 1.807) is 0 Å². The fourth-order valence-electron chi connectivity index (χ4n) is 1.63. The number of nitrogens with two attached hydrogens (primary N) is 1. The van der Waals surface area contributed by atoms with Crippen molar-refractivity contribution >= 4 is 5.69 Å². The molecule has 1 fully saturated rings. The third-order valence-corrected chi connectivity index (χ3v) is 2.43. The van der Waals surface area contributed by atoms with Gasteiger partial charge in [-0.15, -0.1) is 5.06 Å².